The van der Waals surface area contributed by atoms with E-state index in [2.05, 4.69) is 5.32 Å². The Morgan fingerprint density at radius 3 is 2.05 bits per heavy atom. The van der Waals surface area contributed by atoms with Gasteiger partial charge in [-0.2, -0.15) is 13.2 Å². The van der Waals surface area contributed by atoms with Crippen LogP contribution in [0.3, 0.4) is 0 Å². The Kier molecular flexibility index (Phi) is 11.8. The molecule has 1 N–H and O–H groups in total. The molecule has 0 aromatic heterocycles. The summed E-state index contributed by atoms with van der Waals surface area (Å²) in [6.45, 7) is 10.2. The number of rotatable bonds is 3. The average molecular weight is 291 g/mol. The molecule has 0 saturated carbocycles. The molecular formula is C15H24F3NO. The maximum absolute atomic E-state index is 12.6. The van der Waals surface area contributed by atoms with E-state index in [0.717, 1.165) is 6.07 Å². The number of amides is 1. The van der Waals surface area contributed by atoms with Gasteiger partial charge in [-0.05, 0) is 18.6 Å². The van der Waals surface area contributed by atoms with Gasteiger partial charge in [0.2, 0.25) is 0 Å². The van der Waals surface area contributed by atoms with Crippen LogP contribution in [-0.4, -0.2) is 12.5 Å². The molecule has 0 saturated heterocycles. The van der Waals surface area contributed by atoms with Gasteiger partial charge in [-0.15, -0.1) is 0 Å². The van der Waals surface area contributed by atoms with E-state index in [4.69, 9.17) is 0 Å². The minimum Gasteiger partial charge on any atom is -0.352 e. The van der Waals surface area contributed by atoms with Gasteiger partial charge in [0.25, 0.3) is 5.91 Å². The molecule has 5 heteroatoms. The number of benzene rings is 1. The molecule has 2 nitrogen and oxygen atoms in total. The van der Waals surface area contributed by atoms with Gasteiger partial charge in [0.15, 0.2) is 0 Å². The Morgan fingerprint density at radius 2 is 1.60 bits per heavy atom. The van der Waals surface area contributed by atoms with Gasteiger partial charge in [0.05, 0.1) is 11.1 Å². The molecule has 0 fully saturated rings. The molecule has 0 unspecified atom stereocenters. The monoisotopic (exact) mass is 291 g/mol. The molecule has 0 atom stereocenters. The fourth-order valence-corrected chi connectivity index (χ4v) is 1.26. The quantitative estimate of drug-likeness (QED) is 0.843. The Labute approximate surface area is 119 Å². The highest BCUT2D eigenvalue weighted by molar-refractivity contribution is 5.95. The van der Waals surface area contributed by atoms with Crippen LogP contribution < -0.4 is 5.32 Å². The summed E-state index contributed by atoms with van der Waals surface area (Å²) in [4.78, 5) is 11.5. The molecule has 0 bridgehead atoms. The zero-order valence-corrected chi connectivity index (χ0v) is 12.8. The predicted molar refractivity (Wildman–Crippen MR) is 76.8 cm³/mol. The Balaban J connectivity index is 0. The summed E-state index contributed by atoms with van der Waals surface area (Å²) >= 11 is 0. The van der Waals surface area contributed by atoms with Gasteiger partial charge in [0, 0.05) is 6.54 Å². The van der Waals surface area contributed by atoms with Crippen molar-refractivity contribution in [3.05, 3.63) is 35.4 Å². The van der Waals surface area contributed by atoms with Crippen LogP contribution in [0.4, 0.5) is 13.2 Å². The summed E-state index contributed by atoms with van der Waals surface area (Å²) in [6, 6.07) is 4.75. The van der Waals surface area contributed by atoms with Crippen molar-refractivity contribution in [2.45, 2.75) is 47.2 Å². The first-order valence-electron chi connectivity index (χ1n) is 6.91. The predicted octanol–water partition coefficient (Wildman–Crippen LogP) is 4.90. The zero-order valence-electron chi connectivity index (χ0n) is 12.8. The summed E-state index contributed by atoms with van der Waals surface area (Å²) in [5.74, 6) is -0.685. The van der Waals surface area contributed by atoms with Crippen LogP contribution in [0.15, 0.2) is 24.3 Å². The van der Waals surface area contributed by atoms with Crippen molar-refractivity contribution >= 4 is 5.91 Å². The van der Waals surface area contributed by atoms with Crippen LogP contribution in [0.2, 0.25) is 0 Å². The number of hydrogen-bond acceptors (Lipinski definition) is 1. The number of alkyl halides is 3. The van der Waals surface area contributed by atoms with Crippen molar-refractivity contribution in [3.8, 4) is 0 Å². The molecule has 1 aromatic rings. The highest BCUT2D eigenvalue weighted by Crippen LogP contribution is 2.31. The molecule has 0 aliphatic rings. The van der Waals surface area contributed by atoms with Crippen molar-refractivity contribution < 1.29 is 18.0 Å². The molecule has 1 rings (SSSR count). The van der Waals surface area contributed by atoms with Crippen molar-refractivity contribution in [1.29, 1.82) is 0 Å². The number of carbonyl (C=O) groups is 1. The Morgan fingerprint density at radius 1 is 1.10 bits per heavy atom. The Bertz CT molecular complexity index is 376. The Hall–Kier alpha value is -1.52. The third-order valence-electron chi connectivity index (χ3n) is 2.01. The summed E-state index contributed by atoms with van der Waals surface area (Å²) in [6.07, 6.45) is -3.82. The molecule has 1 aromatic carbocycles. The van der Waals surface area contributed by atoms with E-state index in [1.54, 1.807) is 0 Å². The van der Waals surface area contributed by atoms with E-state index in [9.17, 15) is 18.0 Å². The molecular weight excluding hydrogens is 267 g/mol. The van der Waals surface area contributed by atoms with Crippen LogP contribution in [0.1, 0.15) is 57.0 Å². The van der Waals surface area contributed by atoms with Gasteiger partial charge in [-0.3, -0.25) is 4.79 Å². The van der Waals surface area contributed by atoms with Crippen LogP contribution in [0.5, 0.6) is 0 Å². The topological polar surface area (TPSA) is 29.1 Å². The SMILES string of the molecule is CC.CC.CCCNC(=O)c1ccccc1C(F)(F)F. The van der Waals surface area contributed by atoms with E-state index in [1.807, 2.05) is 34.6 Å². The minimum absolute atomic E-state index is 0.330. The fourth-order valence-electron chi connectivity index (χ4n) is 1.26. The van der Waals surface area contributed by atoms with Crippen LogP contribution in [0.25, 0.3) is 0 Å². The van der Waals surface area contributed by atoms with Gasteiger partial charge in [-0.25, -0.2) is 0 Å². The molecule has 20 heavy (non-hydrogen) atoms. The van der Waals surface area contributed by atoms with E-state index in [1.165, 1.54) is 18.2 Å². The lowest BCUT2D eigenvalue weighted by atomic mass is 10.1. The van der Waals surface area contributed by atoms with Crippen molar-refractivity contribution in [1.82, 2.24) is 5.32 Å². The maximum Gasteiger partial charge on any atom is 0.417 e. The highest BCUT2D eigenvalue weighted by Gasteiger charge is 2.34. The first kappa shape index (κ1) is 20.8. The lowest BCUT2D eigenvalue weighted by Crippen LogP contribution is -2.26. The second-order valence-electron chi connectivity index (χ2n) is 3.30. The second-order valence-corrected chi connectivity index (χ2v) is 3.30. The number of nitrogens with one attached hydrogen (secondary N) is 1. The van der Waals surface area contributed by atoms with Gasteiger partial charge < -0.3 is 5.32 Å². The normalized spacial score (nSPS) is 9.60. The van der Waals surface area contributed by atoms with Gasteiger partial charge >= 0.3 is 6.18 Å². The van der Waals surface area contributed by atoms with Crippen molar-refractivity contribution in [2.75, 3.05) is 6.54 Å². The molecule has 0 aliphatic heterocycles. The van der Waals surface area contributed by atoms with Gasteiger partial charge in [-0.1, -0.05) is 46.8 Å². The summed E-state index contributed by atoms with van der Waals surface area (Å²) in [5, 5.41) is 2.42. The van der Waals surface area contributed by atoms with Crippen LogP contribution in [-0.2, 0) is 6.18 Å². The van der Waals surface area contributed by atoms with E-state index < -0.39 is 17.6 Å². The smallest absolute Gasteiger partial charge is 0.352 e. The number of hydrogen-bond donors (Lipinski definition) is 1. The van der Waals surface area contributed by atoms with E-state index >= 15 is 0 Å². The summed E-state index contributed by atoms with van der Waals surface area (Å²) in [7, 11) is 0. The van der Waals surface area contributed by atoms with Crippen LogP contribution in [0, 0.1) is 0 Å². The van der Waals surface area contributed by atoms with Crippen molar-refractivity contribution in [2.24, 2.45) is 0 Å². The standard InChI is InChI=1S/C11H12F3NO.2C2H6/c1-2-7-15-10(16)8-5-3-4-6-9(8)11(12,13)14;2*1-2/h3-6H,2,7H2,1H3,(H,15,16);2*1-2H3. The largest absolute Gasteiger partial charge is 0.417 e. The number of halogens is 3. The van der Waals surface area contributed by atoms with E-state index in [0.29, 0.717) is 13.0 Å². The zero-order chi connectivity index (χ0) is 16.2. The second kappa shape index (κ2) is 11.3. The third-order valence-corrected chi connectivity index (χ3v) is 2.01. The van der Waals surface area contributed by atoms with Gasteiger partial charge in [0.1, 0.15) is 0 Å². The maximum atomic E-state index is 12.6. The van der Waals surface area contributed by atoms with Crippen LogP contribution >= 0.6 is 0 Å². The van der Waals surface area contributed by atoms with Crippen molar-refractivity contribution in [3.63, 3.8) is 0 Å². The number of carbonyl (C=O) groups excluding carboxylic acids is 1. The molecule has 0 aliphatic carbocycles. The lowest BCUT2D eigenvalue weighted by molar-refractivity contribution is -0.137. The first-order valence-corrected chi connectivity index (χ1v) is 6.91. The molecule has 116 valence electrons. The molecule has 0 radical (unpaired) electrons. The van der Waals surface area contributed by atoms with E-state index in [-0.39, 0.29) is 5.56 Å². The summed E-state index contributed by atoms with van der Waals surface area (Å²) < 4.78 is 37.7. The third kappa shape index (κ3) is 7.16. The molecule has 0 heterocycles. The lowest BCUT2D eigenvalue weighted by Gasteiger charge is -2.12. The molecule has 1 amide bonds. The molecule has 0 spiro atoms. The summed E-state index contributed by atoms with van der Waals surface area (Å²) in [5.41, 5.74) is -1.23. The fraction of sp³-hybridized carbons (Fsp3) is 0.533. The highest BCUT2D eigenvalue weighted by atomic mass is 19.4. The first-order chi connectivity index (χ1) is 9.46. The average Bonchev–Trinajstić information content (AvgIpc) is 2.48. The minimum atomic E-state index is -4.50.